The summed E-state index contributed by atoms with van der Waals surface area (Å²) in [7, 11) is 0. The number of hydrogen-bond acceptors (Lipinski definition) is 2. The van der Waals surface area contributed by atoms with Crippen molar-refractivity contribution in [2.45, 2.75) is 43.6 Å². The topological polar surface area (TPSA) is 32.8 Å². The van der Waals surface area contributed by atoms with Crippen LogP contribution in [0.5, 0.6) is 5.75 Å². The van der Waals surface area contributed by atoms with Gasteiger partial charge in [0.1, 0.15) is 5.75 Å². The van der Waals surface area contributed by atoms with E-state index >= 15 is 0 Å². The molecule has 35 heavy (non-hydrogen) atoms. The molecule has 3 aromatic carbocycles. The first-order valence-corrected chi connectivity index (χ1v) is 11.9. The van der Waals surface area contributed by atoms with E-state index in [1.165, 1.54) is 18.2 Å². The van der Waals surface area contributed by atoms with Gasteiger partial charge in [0.05, 0.1) is 11.6 Å². The highest BCUT2D eigenvalue weighted by Gasteiger charge is 2.59. The first kappa shape index (κ1) is 23.8. The van der Waals surface area contributed by atoms with Gasteiger partial charge in [0, 0.05) is 21.4 Å². The second kappa shape index (κ2) is 8.95. The van der Waals surface area contributed by atoms with Gasteiger partial charge in [0.2, 0.25) is 0 Å². The van der Waals surface area contributed by atoms with Gasteiger partial charge in [-0.2, -0.15) is 0 Å². The molecule has 0 bridgehead atoms. The monoisotopic (exact) mass is 520 g/mol. The average Bonchev–Trinajstić information content (AvgIpc) is 3.37. The molecule has 0 N–H and O–H groups in total. The number of urea groups is 1. The fourth-order valence-electron chi connectivity index (χ4n) is 5.42. The quantitative estimate of drug-likeness (QED) is 0.346. The van der Waals surface area contributed by atoms with Crippen molar-refractivity contribution in [1.82, 2.24) is 0 Å². The number of anilines is 2. The lowest BCUT2D eigenvalue weighted by atomic mass is 9.82. The van der Waals surface area contributed by atoms with Crippen LogP contribution in [0.1, 0.15) is 37.3 Å². The number of hydrogen-bond donors (Lipinski definition) is 0. The maximum absolute atomic E-state index is 14.1. The molecule has 1 saturated carbocycles. The molecule has 182 valence electrons. The van der Waals surface area contributed by atoms with Crippen molar-refractivity contribution in [3.63, 3.8) is 0 Å². The van der Waals surface area contributed by atoms with Crippen molar-refractivity contribution in [3.05, 3.63) is 88.4 Å². The van der Waals surface area contributed by atoms with Crippen molar-refractivity contribution in [2.24, 2.45) is 0 Å². The van der Waals surface area contributed by atoms with Crippen LogP contribution in [0.25, 0.3) is 0 Å². The van der Waals surface area contributed by atoms with Crippen LogP contribution in [0.2, 0.25) is 10.0 Å². The van der Waals surface area contributed by atoms with Crippen molar-refractivity contribution in [3.8, 4) is 5.75 Å². The van der Waals surface area contributed by atoms with Crippen LogP contribution in [0.4, 0.5) is 29.3 Å². The van der Waals surface area contributed by atoms with Crippen molar-refractivity contribution >= 4 is 40.6 Å². The molecule has 5 rings (SSSR count). The Kier molecular flexibility index (Phi) is 6.09. The number of benzene rings is 3. The Labute approximate surface area is 210 Å². The SMILES string of the molecule is O=C1N(c2ccc(Cl)cc2)[C@@H](c2cccc(OC(F)(F)F)c2)C2(CCCC2)N1c1ccc(Cl)cc1. The highest BCUT2D eigenvalue weighted by molar-refractivity contribution is 6.31. The van der Waals surface area contributed by atoms with Crippen molar-refractivity contribution < 1.29 is 22.7 Å². The lowest BCUT2D eigenvalue weighted by Gasteiger charge is -2.39. The molecule has 4 nitrogen and oxygen atoms in total. The number of carbonyl (C=O) groups excluding carboxylic acids is 1. The molecular formula is C26H21Cl2F3N2O2. The van der Waals surface area contributed by atoms with Gasteiger partial charge in [0.15, 0.2) is 0 Å². The van der Waals surface area contributed by atoms with E-state index in [9.17, 15) is 18.0 Å². The molecule has 1 atom stereocenters. The smallest absolute Gasteiger partial charge is 0.406 e. The zero-order valence-electron chi connectivity index (χ0n) is 18.4. The van der Waals surface area contributed by atoms with Gasteiger partial charge in [0.25, 0.3) is 0 Å². The summed E-state index contributed by atoms with van der Waals surface area (Å²) in [5.74, 6) is -0.323. The van der Waals surface area contributed by atoms with Crippen LogP contribution in [-0.4, -0.2) is 17.9 Å². The zero-order chi connectivity index (χ0) is 24.8. The molecule has 1 heterocycles. The second-order valence-electron chi connectivity index (χ2n) is 8.77. The predicted octanol–water partition coefficient (Wildman–Crippen LogP) is 8.39. The van der Waals surface area contributed by atoms with E-state index in [4.69, 9.17) is 23.2 Å². The third kappa shape index (κ3) is 4.43. The van der Waals surface area contributed by atoms with Crippen molar-refractivity contribution in [2.75, 3.05) is 9.80 Å². The molecular weight excluding hydrogens is 500 g/mol. The molecule has 0 radical (unpaired) electrons. The molecule has 2 fully saturated rings. The Hall–Kier alpha value is -2.90. The van der Waals surface area contributed by atoms with Gasteiger partial charge >= 0.3 is 12.4 Å². The van der Waals surface area contributed by atoms with Crippen molar-refractivity contribution in [1.29, 1.82) is 0 Å². The minimum Gasteiger partial charge on any atom is -0.406 e. The summed E-state index contributed by atoms with van der Waals surface area (Å²) in [6, 6.07) is 19.0. The van der Waals surface area contributed by atoms with E-state index in [0.717, 1.165) is 12.8 Å². The molecule has 1 aliphatic heterocycles. The fraction of sp³-hybridized carbons (Fsp3) is 0.269. The van der Waals surface area contributed by atoms with E-state index in [1.54, 1.807) is 64.4 Å². The molecule has 2 aliphatic rings. The largest absolute Gasteiger partial charge is 0.573 e. The molecule has 1 aliphatic carbocycles. The highest BCUT2D eigenvalue weighted by atomic mass is 35.5. The number of alkyl halides is 3. The third-order valence-corrected chi connectivity index (χ3v) is 7.18. The summed E-state index contributed by atoms with van der Waals surface area (Å²) in [6.07, 6.45) is -1.65. The molecule has 1 saturated heterocycles. The van der Waals surface area contributed by atoms with E-state index in [1.807, 2.05) is 0 Å². The number of amides is 2. The number of nitrogens with zero attached hydrogens (tertiary/aromatic N) is 2. The molecule has 0 unspecified atom stereocenters. The van der Waals surface area contributed by atoms with E-state index in [2.05, 4.69) is 4.74 Å². The summed E-state index contributed by atoms with van der Waals surface area (Å²) in [5.41, 5.74) is 1.19. The first-order chi connectivity index (χ1) is 16.7. The zero-order valence-corrected chi connectivity index (χ0v) is 19.9. The van der Waals surface area contributed by atoms with E-state index in [0.29, 0.717) is 39.8 Å². The van der Waals surface area contributed by atoms with Crippen LogP contribution in [-0.2, 0) is 0 Å². The lowest BCUT2D eigenvalue weighted by Crippen LogP contribution is -2.46. The van der Waals surface area contributed by atoms with Crippen LogP contribution in [0.15, 0.2) is 72.8 Å². The van der Waals surface area contributed by atoms with E-state index in [-0.39, 0.29) is 11.8 Å². The number of halogens is 5. The van der Waals surface area contributed by atoms with E-state index < -0.39 is 17.9 Å². The van der Waals surface area contributed by atoms with Crippen LogP contribution >= 0.6 is 23.2 Å². The Morgan fingerprint density at radius 2 is 1.43 bits per heavy atom. The minimum atomic E-state index is -4.82. The maximum atomic E-state index is 14.1. The second-order valence-corrected chi connectivity index (χ2v) is 9.65. The van der Waals surface area contributed by atoms with Gasteiger partial charge < -0.3 is 4.74 Å². The predicted molar refractivity (Wildman–Crippen MR) is 130 cm³/mol. The fourth-order valence-corrected chi connectivity index (χ4v) is 5.67. The minimum absolute atomic E-state index is 0.260. The lowest BCUT2D eigenvalue weighted by molar-refractivity contribution is -0.274. The Morgan fingerprint density at radius 3 is 2.00 bits per heavy atom. The van der Waals surface area contributed by atoms with Crippen LogP contribution in [0.3, 0.4) is 0 Å². The summed E-state index contributed by atoms with van der Waals surface area (Å²) in [4.78, 5) is 17.5. The normalized spacial score (nSPS) is 19.6. The molecule has 1 spiro atoms. The van der Waals surface area contributed by atoms with Gasteiger partial charge in [-0.3, -0.25) is 9.80 Å². The molecule has 3 aromatic rings. The van der Waals surface area contributed by atoms with Gasteiger partial charge in [-0.05, 0) is 79.1 Å². The molecule has 2 amide bonds. The molecule has 9 heteroatoms. The summed E-state index contributed by atoms with van der Waals surface area (Å²) in [5, 5.41) is 1.06. The summed E-state index contributed by atoms with van der Waals surface area (Å²) in [6.45, 7) is 0. The number of ether oxygens (including phenoxy) is 1. The number of carbonyl (C=O) groups is 1. The third-order valence-electron chi connectivity index (χ3n) is 6.68. The van der Waals surface area contributed by atoms with Crippen LogP contribution < -0.4 is 14.5 Å². The van der Waals surface area contributed by atoms with Gasteiger partial charge in [-0.25, -0.2) is 4.79 Å². The summed E-state index contributed by atoms with van der Waals surface area (Å²) >= 11 is 12.2. The maximum Gasteiger partial charge on any atom is 0.573 e. The molecule has 0 aromatic heterocycles. The van der Waals surface area contributed by atoms with Gasteiger partial charge in [-0.15, -0.1) is 13.2 Å². The number of rotatable bonds is 4. The Morgan fingerprint density at radius 1 is 0.857 bits per heavy atom. The first-order valence-electron chi connectivity index (χ1n) is 11.2. The van der Waals surface area contributed by atoms with Crippen LogP contribution in [0, 0.1) is 0 Å². The van der Waals surface area contributed by atoms with Gasteiger partial charge in [-0.1, -0.05) is 48.2 Å². The average molecular weight is 521 g/mol. The standard InChI is InChI=1S/C26H21Cl2F3N2O2/c27-18-6-10-20(11-7-18)32-23(17-4-3-5-22(16-17)35-26(29,30)31)25(14-1-2-15-25)33(24(32)34)21-12-8-19(28)9-13-21/h3-13,16,23H,1-2,14-15H2/t23-/m0/s1. The Bertz CT molecular complexity index is 1230. The Balaban J connectivity index is 1.69. The highest BCUT2D eigenvalue weighted by Crippen LogP contribution is 2.55. The summed E-state index contributed by atoms with van der Waals surface area (Å²) < 4.78 is 43.2.